The van der Waals surface area contributed by atoms with Crippen LogP contribution in [-0.2, 0) is 9.53 Å². The predicted molar refractivity (Wildman–Crippen MR) is 90.6 cm³/mol. The number of hydrogen-bond donors (Lipinski definition) is 2. The Balaban J connectivity index is 1.77. The topological polar surface area (TPSA) is 70.7 Å². The standard InChI is InChI=1S/C17H20ClN3O3/c1-2-24-9-3-8-21-10-13-14(16(21)22)15(20-17(23)19-13)11-4-6-12(18)7-5-11/h4-7,15H,2-3,8-10H2,1H3,(H2,19,20,23)/t15-/m0/s1. The van der Waals surface area contributed by atoms with Gasteiger partial charge in [0.2, 0.25) is 0 Å². The van der Waals surface area contributed by atoms with Gasteiger partial charge in [-0.3, -0.25) is 4.79 Å². The number of carbonyl (C=O) groups excluding carboxylic acids is 2. The van der Waals surface area contributed by atoms with E-state index in [0.717, 1.165) is 12.0 Å². The van der Waals surface area contributed by atoms with Crippen molar-refractivity contribution in [3.05, 3.63) is 46.1 Å². The molecule has 24 heavy (non-hydrogen) atoms. The van der Waals surface area contributed by atoms with Crippen LogP contribution in [0.1, 0.15) is 24.9 Å². The van der Waals surface area contributed by atoms with Crippen LogP contribution < -0.4 is 10.6 Å². The van der Waals surface area contributed by atoms with Gasteiger partial charge in [-0.2, -0.15) is 0 Å². The molecule has 0 saturated heterocycles. The molecule has 0 aliphatic carbocycles. The van der Waals surface area contributed by atoms with E-state index in [0.29, 0.717) is 42.6 Å². The lowest BCUT2D eigenvalue weighted by Gasteiger charge is -2.25. The summed E-state index contributed by atoms with van der Waals surface area (Å²) in [5.41, 5.74) is 2.12. The van der Waals surface area contributed by atoms with Gasteiger partial charge in [-0.25, -0.2) is 4.79 Å². The van der Waals surface area contributed by atoms with Gasteiger partial charge in [-0.05, 0) is 31.0 Å². The fourth-order valence-electron chi connectivity index (χ4n) is 3.02. The summed E-state index contributed by atoms with van der Waals surface area (Å²) in [4.78, 5) is 26.5. The monoisotopic (exact) mass is 349 g/mol. The van der Waals surface area contributed by atoms with Crippen molar-refractivity contribution in [2.75, 3.05) is 26.3 Å². The van der Waals surface area contributed by atoms with Gasteiger partial charge < -0.3 is 20.3 Å². The molecule has 2 aliphatic rings. The van der Waals surface area contributed by atoms with Crippen molar-refractivity contribution in [2.24, 2.45) is 0 Å². The molecule has 1 aromatic carbocycles. The minimum absolute atomic E-state index is 0.0473. The number of ether oxygens (including phenoxy) is 1. The summed E-state index contributed by atoms with van der Waals surface area (Å²) >= 11 is 5.93. The van der Waals surface area contributed by atoms with Crippen LogP contribution in [0, 0.1) is 0 Å². The summed E-state index contributed by atoms with van der Waals surface area (Å²) < 4.78 is 5.32. The first-order valence-electron chi connectivity index (χ1n) is 8.03. The Kier molecular flexibility index (Phi) is 5.06. The molecule has 2 N–H and O–H groups in total. The number of nitrogens with zero attached hydrogens (tertiary/aromatic N) is 1. The number of amides is 3. The molecule has 0 radical (unpaired) electrons. The zero-order valence-corrected chi connectivity index (χ0v) is 14.2. The molecule has 0 fully saturated rings. The minimum atomic E-state index is -0.449. The van der Waals surface area contributed by atoms with Gasteiger partial charge in [0.05, 0.1) is 23.9 Å². The molecule has 0 saturated carbocycles. The second-order valence-corrected chi connectivity index (χ2v) is 6.19. The first-order chi connectivity index (χ1) is 11.6. The van der Waals surface area contributed by atoms with Crippen molar-refractivity contribution in [2.45, 2.75) is 19.4 Å². The molecule has 7 heteroatoms. The molecule has 2 aliphatic heterocycles. The molecule has 2 heterocycles. The molecule has 0 bridgehead atoms. The van der Waals surface area contributed by atoms with E-state index in [-0.39, 0.29) is 11.9 Å². The highest BCUT2D eigenvalue weighted by Crippen LogP contribution is 2.32. The van der Waals surface area contributed by atoms with E-state index in [1.165, 1.54) is 0 Å². The maximum Gasteiger partial charge on any atom is 0.319 e. The fraction of sp³-hybridized carbons (Fsp3) is 0.412. The van der Waals surface area contributed by atoms with Crippen LogP contribution in [0.3, 0.4) is 0 Å². The zero-order chi connectivity index (χ0) is 17.1. The second kappa shape index (κ2) is 7.23. The number of benzene rings is 1. The lowest BCUT2D eigenvalue weighted by molar-refractivity contribution is -0.126. The van der Waals surface area contributed by atoms with Crippen molar-refractivity contribution < 1.29 is 14.3 Å². The smallest absolute Gasteiger partial charge is 0.319 e. The number of carbonyl (C=O) groups is 2. The highest BCUT2D eigenvalue weighted by molar-refractivity contribution is 6.30. The van der Waals surface area contributed by atoms with Gasteiger partial charge in [0.25, 0.3) is 5.91 Å². The fourth-order valence-corrected chi connectivity index (χ4v) is 3.14. The van der Waals surface area contributed by atoms with Crippen LogP contribution in [0.15, 0.2) is 35.5 Å². The third kappa shape index (κ3) is 3.39. The van der Waals surface area contributed by atoms with Crippen molar-refractivity contribution in [1.82, 2.24) is 15.5 Å². The Bertz CT molecular complexity index is 672. The SMILES string of the molecule is CCOCCCN1CC2=C(C1=O)[C@H](c1ccc(Cl)cc1)NC(=O)N2. The van der Waals surface area contributed by atoms with Gasteiger partial charge in [-0.15, -0.1) is 0 Å². The molecule has 1 atom stereocenters. The summed E-state index contributed by atoms with van der Waals surface area (Å²) in [6.07, 6.45) is 0.771. The Labute approximate surface area is 145 Å². The molecule has 6 nitrogen and oxygen atoms in total. The molecular formula is C17H20ClN3O3. The zero-order valence-electron chi connectivity index (χ0n) is 13.5. The van der Waals surface area contributed by atoms with E-state index in [4.69, 9.17) is 16.3 Å². The molecule has 0 unspecified atom stereocenters. The van der Waals surface area contributed by atoms with Crippen LogP contribution >= 0.6 is 11.6 Å². The van der Waals surface area contributed by atoms with Gasteiger partial charge in [0, 0.05) is 24.8 Å². The highest BCUT2D eigenvalue weighted by atomic mass is 35.5. The van der Waals surface area contributed by atoms with Crippen LogP contribution in [0.4, 0.5) is 4.79 Å². The number of halogens is 1. The van der Waals surface area contributed by atoms with Crippen LogP contribution in [0.2, 0.25) is 5.02 Å². The Morgan fingerprint density at radius 2 is 2.04 bits per heavy atom. The third-order valence-corrected chi connectivity index (χ3v) is 4.40. The van der Waals surface area contributed by atoms with E-state index in [1.54, 1.807) is 17.0 Å². The van der Waals surface area contributed by atoms with Crippen LogP contribution in [0.5, 0.6) is 0 Å². The summed E-state index contributed by atoms with van der Waals surface area (Å²) in [5, 5.41) is 6.20. The van der Waals surface area contributed by atoms with Crippen LogP contribution in [-0.4, -0.2) is 43.1 Å². The quantitative estimate of drug-likeness (QED) is 0.774. The summed E-state index contributed by atoms with van der Waals surface area (Å²) in [5.74, 6) is -0.0473. The maximum absolute atomic E-state index is 12.8. The maximum atomic E-state index is 12.8. The number of hydrogen-bond acceptors (Lipinski definition) is 3. The predicted octanol–water partition coefficient (Wildman–Crippen LogP) is 2.22. The molecule has 128 valence electrons. The molecule has 0 aromatic heterocycles. The number of urea groups is 1. The normalized spacial score (nSPS) is 20.1. The average Bonchev–Trinajstić information content (AvgIpc) is 2.87. The van der Waals surface area contributed by atoms with Crippen molar-refractivity contribution in [3.63, 3.8) is 0 Å². The van der Waals surface area contributed by atoms with E-state index >= 15 is 0 Å². The van der Waals surface area contributed by atoms with E-state index in [2.05, 4.69) is 10.6 Å². The van der Waals surface area contributed by atoms with Crippen molar-refractivity contribution in [3.8, 4) is 0 Å². The summed E-state index contributed by atoms with van der Waals surface area (Å²) in [7, 11) is 0. The van der Waals surface area contributed by atoms with Crippen molar-refractivity contribution in [1.29, 1.82) is 0 Å². The highest BCUT2D eigenvalue weighted by Gasteiger charge is 2.39. The molecule has 3 amide bonds. The van der Waals surface area contributed by atoms with Crippen LogP contribution in [0.25, 0.3) is 0 Å². The number of nitrogens with one attached hydrogen (secondary N) is 2. The Hall–Kier alpha value is -2.05. The largest absolute Gasteiger partial charge is 0.382 e. The van der Waals surface area contributed by atoms with Gasteiger partial charge in [-0.1, -0.05) is 23.7 Å². The van der Waals surface area contributed by atoms with Gasteiger partial charge >= 0.3 is 6.03 Å². The van der Waals surface area contributed by atoms with E-state index in [9.17, 15) is 9.59 Å². The first-order valence-corrected chi connectivity index (χ1v) is 8.41. The Morgan fingerprint density at radius 1 is 1.29 bits per heavy atom. The molecule has 1 aromatic rings. The van der Waals surface area contributed by atoms with E-state index in [1.807, 2.05) is 19.1 Å². The van der Waals surface area contributed by atoms with Gasteiger partial charge in [0.1, 0.15) is 0 Å². The molecular weight excluding hydrogens is 330 g/mol. The molecule has 3 rings (SSSR count). The minimum Gasteiger partial charge on any atom is -0.382 e. The van der Waals surface area contributed by atoms with Crippen molar-refractivity contribution >= 4 is 23.5 Å². The molecule has 0 spiro atoms. The number of rotatable bonds is 6. The summed E-state index contributed by atoms with van der Waals surface area (Å²) in [6.45, 7) is 4.27. The first kappa shape index (κ1) is 16.8. The average molecular weight is 350 g/mol. The lowest BCUT2D eigenvalue weighted by atomic mass is 9.96. The third-order valence-electron chi connectivity index (χ3n) is 4.14. The van der Waals surface area contributed by atoms with E-state index < -0.39 is 6.04 Å². The summed E-state index contributed by atoms with van der Waals surface area (Å²) in [6, 6.07) is 6.42. The second-order valence-electron chi connectivity index (χ2n) is 5.75. The Morgan fingerprint density at radius 3 is 2.75 bits per heavy atom. The lowest BCUT2D eigenvalue weighted by Crippen LogP contribution is -2.44. The van der Waals surface area contributed by atoms with Gasteiger partial charge in [0.15, 0.2) is 0 Å².